The predicted molar refractivity (Wildman–Crippen MR) is 78.0 cm³/mol. The second kappa shape index (κ2) is 7.70. The summed E-state index contributed by atoms with van der Waals surface area (Å²) >= 11 is 0. The average Bonchev–Trinajstić information content (AvgIpc) is 2.80. The quantitative estimate of drug-likeness (QED) is 0.758. The van der Waals surface area contributed by atoms with Crippen molar-refractivity contribution in [2.45, 2.75) is 46.1 Å². The van der Waals surface area contributed by atoms with Crippen molar-refractivity contribution in [2.75, 3.05) is 18.1 Å². The predicted octanol–water partition coefficient (Wildman–Crippen LogP) is 2.84. The molecular weight excluding hydrogens is 262 g/mol. The van der Waals surface area contributed by atoms with Gasteiger partial charge in [0.15, 0.2) is 0 Å². The summed E-state index contributed by atoms with van der Waals surface area (Å²) in [6.45, 7) is 6.66. The molecule has 5 heteroatoms. The van der Waals surface area contributed by atoms with Gasteiger partial charge < -0.3 is 9.73 Å². The first kappa shape index (κ1) is 16.2. The lowest BCUT2D eigenvalue weighted by Crippen LogP contribution is -2.22. The summed E-state index contributed by atoms with van der Waals surface area (Å²) in [5.74, 6) is 1.38. The molecule has 0 aliphatic carbocycles. The van der Waals surface area contributed by atoms with E-state index in [0.29, 0.717) is 6.42 Å². The summed E-state index contributed by atoms with van der Waals surface area (Å²) < 4.78 is 28.3. The maximum absolute atomic E-state index is 11.5. The van der Waals surface area contributed by atoms with Crippen LogP contribution in [0, 0.1) is 6.92 Å². The molecule has 19 heavy (non-hydrogen) atoms. The number of aryl methyl sites for hydroxylation is 1. The van der Waals surface area contributed by atoms with Crippen LogP contribution in [0.2, 0.25) is 0 Å². The van der Waals surface area contributed by atoms with Crippen LogP contribution in [0.1, 0.15) is 50.5 Å². The maximum atomic E-state index is 11.5. The van der Waals surface area contributed by atoms with E-state index in [9.17, 15) is 8.42 Å². The van der Waals surface area contributed by atoms with E-state index in [-0.39, 0.29) is 17.5 Å². The molecule has 0 aliphatic heterocycles. The fourth-order valence-electron chi connectivity index (χ4n) is 2.00. The third-order valence-electron chi connectivity index (χ3n) is 3.18. The molecule has 1 N–H and O–H groups in total. The van der Waals surface area contributed by atoms with Gasteiger partial charge in [0.05, 0.1) is 12.0 Å². The van der Waals surface area contributed by atoms with Gasteiger partial charge in [0.2, 0.25) is 0 Å². The van der Waals surface area contributed by atoms with Gasteiger partial charge in [-0.3, -0.25) is 0 Å². The number of hydrogen-bond donors (Lipinski definition) is 1. The van der Waals surface area contributed by atoms with Gasteiger partial charge in [-0.15, -0.1) is 0 Å². The number of sulfone groups is 1. The van der Waals surface area contributed by atoms with Gasteiger partial charge in [-0.1, -0.05) is 13.8 Å². The van der Waals surface area contributed by atoms with E-state index in [1.54, 1.807) is 13.2 Å². The molecule has 0 fully saturated rings. The molecule has 0 radical (unpaired) electrons. The Balaban J connectivity index is 2.55. The molecule has 0 spiro atoms. The average molecular weight is 287 g/mol. The maximum Gasteiger partial charge on any atom is 0.150 e. The molecule has 1 atom stereocenters. The van der Waals surface area contributed by atoms with E-state index in [1.807, 2.05) is 13.0 Å². The van der Waals surface area contributed by atoms with Crippen LogP contribution < -0.4 is 5.32 Å². The molecule has 1 unspecified atom stereocenters. The van der Waals surface area contributed by atoms with Crippen molar-refractivity contribution >= 4 is 9.84 Å². The Morgan fingerprint density at radius 3 is 2.63 bits per heavy atom. The van der Waals surface area contributed by atoms with Crippen molar-refractivity contribution in [3.05, 3.63) is 23.7 Å². The van der Waals surface area contributed by atoms with Crippen molar-refractivity contribution in [3.8, 4) is 0 Å². The molecule has 4 nitrogen and oxygen atoms in total. The zero-order valence-electron chi connectivity index (χ0n) is 12.1. The van der Waals surface area contributed by atoms with E-state index in [0.717, 1.165) is 30.7 Å². The summed E-state index contributed by atoms with van der Waals surface area (Å²) in [5.41, 5.74) is 1.11. The highest BCUT2D eigenvalue weighted by Crippen LogP contribution is 2.21. The van der Waals surface area contributed by atoms with E-state index >= 15 is 0 Å². The lowest BCUT2D eigenvalue weighted by atomic mass is 10.1. The molecule has 110 valence electrons. The molecule has 0 saturated carbocycles. The normalized spacial score (nSPS) is 13.6. The Labute approximate surface area is 116 Å². The molecule has 1 aromatic heterocycles. The second-order valence-electron chi connectivity index (χ2n) is 4.88. The van der Waals surface area contributed by atoms with Gasteiger partial charge in [0.25, 0.3) is 0 Å². The van der Waals surface area contributed by atoms with Crippen LogP contribution in [0.5, 0.6) is 0 Å². The van der Waals surface area contributed by atoms with Gasteiger partial charge in [0.1, 0.15) is 15.6 Å². The van der Waals surface area contributed by atoms with Crippen LogP contribution in [-0.4, -0.2) is 26.5 Å². The Morgan fingerprint density at radius 1 is 1.37 bits per heavy atom. The molecule has 1 heterocycles. The summed E-state index contributed by atoms with van der Waals surface area (Å²) in [6, 6.07) is 2.20. The number of furan rings is 1. The summed E-state index contributed by atoms with van der Waals surface area (Å²) in [7, 11) is -2.86. The Morgan fingerprint density at radius 2 is 2.11 bits per heavy atom. The first-order valence-corrected chi connectivity index (χ1v) is 8.79. The smallest absolute Gasteiger partial charge is 0.150 e. The summed E-state index contributed by atoms with van der Waals surface area (Å²) in [4.78, 5) is 0. The number of rotatable bonds is 9. The molecule has 0 amide bonds. The fraction of sp³-hybridized carbons (Fsp3) is 0.714. The largest absolute Gasteiger partial charge is 0.469 e. The van der Waals surface area contributed by atoms with Crippen LogP contribution in [-0.2, 0) is 9.84 Å². The van der Waals surface area contributed by atoms with Crippen molar-refractivity contribution in [1.29, 1.82) is 0 Å². The van der Waals surface area contributed by atoms with Crippen LogP contribution in [0.4, 0.5) is 0 Å². The minimum absolute atomic E-state index is 0.185. The Kier molecular flexibility index (Phi) is 6.58. The summed E-state index contributed by atoms with van der Waals surface area (Å²) in [5, 5.41) is 3.45. The van der Waals surface area contributed by atoms with Crippen molar-refractivity contribution < 1.29 is 12.8 Å². The van der Waals surface area contributed by atoms with Gasteiger partial charge in [-0.25, -0.2) is 8.42 Å². The Bertz CT molecular complexity index is 465. The van der Waals surface area contributed by atoms with Crippen LogP contribution >= 0.6 is 0 Å². The zero-order valence-corrected chi connectivity index (χ0v) is 12.9. The molecule has 0 aliphatic rings. The third kappa shape index (κ3) is 5.78. The van der Waals surface area contributed by atoms with Gasteiger partial charge >= 0.3 is 0 Å². The lowest BCUT2D eigenvalue weighted by Gasteiger charge is -2.16. The minimum Gasteiger partial charge on any atom is -0.469 e. The minimum atomic E-state index is -2.86. The topological polar surface area (TPSA) is 59.3 Å². The van der Waals surface area contributed by atoms with Crippen LogP contribution in [0.3, 0.4) is 0 Å². The molecule has 0 bridgehead atoms. The third-order valence-corrected chi connectivity index (χ3v) is 4.97. The first-order valence-electron chi connectivity index (χ1n) is 6.97. The van der Waals surface area contributed by atoms with E-state index < -0.39 is 9.84 Å². The highest BCUT2D eigenvalue weighted by molar-refractivity contribution is 7.91. The Hall–Kier alpha value is -0.810. The highest BCUT2D eigenvalue weighted by atomic mass is 32.2. The second-order valence-corrected chi connectivity index (χ2v) is 7.35. The molecule has 1 aromatic rings. The highest BCUT2D eigenvalue weighted by Gasteiger charge is 2.15. The van der Waals surface area contributed by atoms with Gasteiger partial charge in [-0.2, -0.15) is 0 Å². The molecular formula is C14H25NO3S. The van der Waals surface area contributed by atoms with Crippen molar-refractivity contribution in [2.24, 2.45) is 0 Å². The van der Waals surface area contributed by atoms with E-state index in [1.165, 1.54) is 0 Å². The SMILES string of the molecule is CCCNC(CCCS(=O)(=O)CC)c1coc(C)c1. The van der Waals surface area contributed by atoms with Crippen molar-refractivity contribution in [3.63, 3.8) is 0 Å². The monoisotopic (exact) mass is 287 g/mol. The van der Waals surface area contributed by atoms with Gasteiger partial charge in [0, 0.05) is 17.4 Å². The molecule has 0 aromatic carbocycles. The zero-order chi connectivity index (χ0) is 14.3. The fourth-order valence-corrected chi connectivity index (χ4v) is 2.90. The van der Waals surface area contributed by atoms with Gasteiger partial charge in [-0.05, 0) is 38.8 Å². The first-order chi connectivity index (χ1) is 8.98. The molecule has 1 rings (SSSR count). The van der Waals surface area contributed by atoms with Crippen LogP contribution in [0.25, 0.3) is 0 Å². The van der Waals surface area contributed by atoms with E-state index in [2.05, 4.69) is 12.2 Å². The number of nitrogens with one attached hydrogen (secondary N) is 1. The van der Waals surface area contributed by atoms with Crippen molar-refractivity contribution in [1.82, 2.24) is 5.32 Å². The lowest BCUT2D eigenvalue weighted by molar-refractivity contribution is 0.479. The standard InChI is InChI=1S/C14H25NO3S/c1-4-8-15-14(13-10-12(3)18-11-13)7-6-9-19(16,17)5-2/h10-11,14-15H,4-9H2,1-3H3. The van der Waals surface area contributed by atoms with Crippen LogP contribution in [0.15, 0.2) is 16.7 Å². The molecule has 0 saturated heterocycles. The number of hydrogen-bond acceptors (Lipinski definition) is 4. The van der Waals surface area contributed by atoms with E-state index in [4.69, 9.17) is 4.42 Å². The summed E-state index contributed by atoms with van der Waals surface area (Å²) in [6.07, 6.45) is 4.32.